The maximum atomic E-state index is 12.1. The smallest absolute Gasteiger partial charge is 0.407 e. The topological polar surface area (TPSA) is 50.9 Å². The van der Waals surface area contributed by atoms with Gasteiger partial charge in [-0.25, -0.2) is 4.79 Å². The predicted octanol–water partition coefficient (Wildman–Crippen LogP) is 3.46. The predicted molar refractivity (Wildman–Crippen MR) is 82.1 cm³/mol. The molecule has 0 saturated carbocycles. The highest BCUT2D eigenvalue weighted by Gasteiger charge is 2.54. The maximum Gasteiger partial charge on any atom is 0.407 e. The third kappa shape index (κ3) is 3.76. The fourth-order valence-corrected chi connectivity index (χ4v) is 2.58. The minimum atomic E-state index is -0.504. The lowest BCUT2D eigenvalue weighted by Crippen LogP contribution is -2.49. The summed E-state index contributed by atoms with van der Waals surface area (Å²) in [6, 6.07) is 9.92. The van der Waals surface area contributed by atoms with Crippen LogP contribution in [0.5, 0.6) is 0 Å². The van der Waals surface area contributed by atoms with Gasteiger partial charge in [-0.3, -0.25) is 0 Å². The molecule has 2 atom stereocenters. The lowest BCUT2D eigenvalue weighted by Gasteiger charge is -2.30. The van der Waals surface area contributed by atoms with Crippen LogP contribution in [-0.2, 0) is 15.1 Å². The molecule has 0 spiro atoms. The van der Waals surface area contributed by atoms with Gasteiger partial charge in [-0.1, -0.05) is 44.2 Å². The molecular formula is C17H25NO3. The summed E-state index contributed by atoms with van der Waals surface area (Å²) in [4.78, 5) is 12.1. The summed E-state index contributed by atoms with van der Waals surface area (Å²) < 4.78 is 11.1. The molecule has 1 amide bonds. The molecule has 1 aromatic carbocycles. The Balaban J connectivity index is 2.15. The number of rotatable bonds is 4. The van der Waals surface area contributed by atoms with E-state index in [1.54, 1.807) is 0 Å². The van der Waals surface area contributed by atoms with Crippen molar-refractivity contribution in [3.63, 3.8) is 0 Å². The summed E-state index contributed by atoms with van der Waals surface area (Å²) in [6.07, 6.45) is -0.396. The van der Waals surface area contributed by atoms with Crippen LogP contribution in [0.2, 0.25) is 0 Å². The van der Waals surface area contributed by atoms with Gasteiger partial charge in [0.2, 0.25) is 0 Å². The second-order valence-corrected chi connectivity index (χ2v) is 6.91. The highest BCUT2D eigenvalue weighted by Crippen LogP contribution is 2.44. The first kappa shape index (κ1) is 15.8. The van der Waals surface area contributed by atoms with Crippen molar-refractivity contribution in [1.82, 2.24) is 5.32 Å². The molecule has 4 nitrogen and oxygen atoms in total. The molecule has 1 aliphatic heterocycles. The van der Waals surface area contributed by atoms with Crippen LogP contribution in [0, 0.1) is 5.92 Å². The standard InChI is InChI=1S/C17H25NO3/c1-12(2)14(18-15(19)21-16(3,4)5)17(11-20-17)13-9-7-6-8-10-13/h6-10,12,14H,11H2,1-5H3,(H,18,19)/t14-,17+/m0/s1. The van der Waals surface area contributed by atoms with E-state index in [-0.39, 0.29) is 12.0 Å². The Bertz CT molecular complexity index is 487. The van der Waals surface area contributed by atoms with Gasteiger partial charge < -0.3 is 14.8 Å². The number of carbonyl (C=O) groups is 1. The highest BCUT2D eigenvalue weighted by atomic mass is 16.6. The van der Waals surface area contributed by atoms with Gasteiger partial charge in [-0.15, -0.1) is 0 Å². The molecule has 4 heteroatoms. The van der Waals surface area contributed by atoms with Crippen LogP contribution in [0.25, 0.3) is 0 Å². The van der Waals surface area contributed by atoms with Crippen molar-refractivity contribution in [2.24, 2.45) is 5.92 Å². The number of nitrogens with one attached hydrogen (secondary N) is 1. The number of hydrogen-bond acceptors (Lipinski definition) is 3. The largest absolute Gasteiger partial charge is 0.444 e. The molecule has 0 bridgehead atoms. The van der Waals surface area contributed by atoms with Crippen molar-refractivity contribution in [2.75, 3.05) is 6.61 Å². The van der Waals surface area contributed by atoms with Gasteiger partial charge in [0.05, 0.1) is 12.6 Å². The van der Waals surface area contributed by atoms with E-state index in [9.17, 15) is 4.79 Å². The van der Waals surface area contributed by atoms with Crippen molar-refractivity contribution in [2.45, 2.75) is 51.9 Å². The first-order chi connectivity index (χ1) is 9.74. The molecule has 1 heterocycles. The van der Waals surface area contributed by atoms with Crippen LogP contribution >= 0.6 is 0 Å². The molecule has 0 aliphatic carbocycles. The van der Waals surface area contributed by atoms with Gasteiger partial charge in [-0.05, 0) is 32.3 Å². The molecule has 1 aromatic rings. The van der Waals surface area contributed by atoms with Crippen LogP contribution in [0.3, 0.4) is 0 Å². The minimum absolute atomic E-state index is 0.116. The van der Waals surface area contributed by atoms with E-state index in [0.717, 1.165) is 5.56 Å². The van der Waals surface area contributed by atoms with E-state index in [4.69, 9.17) is 9.47 Å². The number of benzene rings is 1. The minimum Gasteiger partial charge on any atom is -0.444 e. The SMILES string of the molecule is CC(C)[C@H](NC(=O)OC(C)(C)C)[C@]1(c2ccccc2)CO1. The number of epoxide rings is 1. The molecule has 116 valence electrons. The zero-order chi connectivity index (χ0) is 15.7. The number of carbonyl (C=O) groups excluding carboxylic acids is 1. The maximum absolute atomic E-state index is 12.1. The first-order valence-electron chi connectivity index (χ1n) is 7.43. The van der Waals surface area contributed by atoms with Crippen LogP contribution in [0.15, 0.2) is 30.3 Å². The van der Waals surface area contributed by atoms with Gasteiger partial charge >= 0.3 is 6.09 Å². The van der Waals surface area contributed by atoms with Crippen molar-refractivity contribution >= 4 is 6.09 Å². The van der Waals surface area contributed by atoms with E-state index in [2.05, 4.69) is 19.2 Å². The van der Waals surface area contributed by atoms with E-state index in [1.165, 1.54) is 0 Å². The summed E-state index contributed by atoms with van der Waals surface area (Å²) in [6.45, 7) is 10.4. The third-order valence-electron chi connectivity index (χ3n) is 3.56. The Hall–Kier alpha value is -1.55. The van der Waals surface area contributed by atoms with Crippen LogP contribution in [0.1, 0.15) is 40.2 Å². The summed E-state index contributed by atoms with van der Waals surface area (Å²) in [5, 5.41) is 2.99. The van der Waals surface area contributed by atoms with E-state index in [1.807, 2.05) is 51.1 Å². The second kappa shape index (κ2) is 5.68. The highest BCUT2D eigenvalue weighted by molar-refractivity contribution is 5.68. The molecule has 1 N–H and O–H groups in total. The molecule has 2 rings (SSSR count). The molecule has 1 fully saturated rings. The second-order valence-electron chi connectivity index (χ2n) is 6.91. The van der Waals surface area contributed by atoms with Gasteiger partial charge in [0.15, 0.2) is 0 Å². The van der Waals surface area contributed by atoms with E-state index >= 15 is 0 Å². The van der Waals surface area contributed by atoms with Gasteiger partial charge in [0, 0.05) is 0 Å². The average molecular weight is 291 g/mol. The van der Waals surface area contributed by atoms with Crippen LogP contribution in [-0.4, -0.2) is 24.3 Å². The fourth-order valence-electron chi connectivity index (χ4n) is 2.58. The number of hydrogen-bond donors (Lipinski definition) is 1. The molecule has 21 heavy (non-hydrogen) atoms. The van der Waals surface area contributed by atoms with E-state index in [0.29, 0.717) is 6.61 Å². The molecule has 1 aliphatic rings. The average Bonchev–Trinajstić information content (AvgIpc) is 3.16. The summed E-state index contributed by atoms with van der Waals surface area (Å²) >= 11 is 0. The van der Waals surface area contributed by atoms with Crippen LogP contribution in [0.4, 0.5) is 4.79 Å². The summed E-state index contributed by atoms with van der Waals surface area (Å²) in [5.41, 5.74) is 0.169. The first-order valence-corrected chi connectivity index (χ1v) is 7.43. The molecular weight excluding hydrogens is 266 g/mol. The lowest BCUT2D eigenvalue weighted by atomic mass is 9.85. The van der Waals surface area contributed by atoms with Crippen molar-refractivity contribution in [3.8, 4) is 0 Å². The number of amides is 1. The lowest BCUT2D eigenvalue weighted by molar-refractivity contribution is 0.0445. The van der Waals surface area contributed by atoms with E-state index < -0.39 is 17.3 Å². The van der Waals surface area contributed by atoms with Crippen molar-refractivity contribution < 1.29 is 14.3 Å². The van der Waals surface area contributed by atoms with Crippen molar-refractivity contribution in [3.05, 3.63) is 35.9 Å². The Morgan fingerprint density at radius 3 is 2.29 bits per heavy atom. The molecule has 0 aromatic heterocycles. The summed E-state index contributed by atoms with van der Waals surface area (Å²) in [5.74, 6) is 0.236. The Kier molecular flexibility index (Phi) is 4.28. The van der Waals surface area contributed by atoms with Gasteiger partial charge in [0.25, 0.3) is 0 Å². The number of ether oxygens (including phenoxy) is 2. The zero-order valence-corrected chi connectivity index (χ0v) is 13.5. The molecule has 0 radical (unpaired) electrons. The monoisotopic (exact) mass is 291 g/mol. The Labute approximate surface area is 126 Å². The van der Waals surface area contributed by atoms with Gasteiger partial charge in [0.1, 0.15) is 11.2 Å². The normalized spacial score (nSPS) is 22.8. The number of alkyl carbamates (subject to hydrolysis) is 1. The fraction of sp³-hybridized carbons (Fsp3) is 0.588. The Morgan fingerprint density at radius 2 is 1.86 bits per heavy atom. The molecule has 0 unspecified atom stereocenters. The van der Waals surface area contributed by atoms with Gasteiger partial charge in [-0.2, -0.15) is 0 Å². The molecule has 1 saturated heterocycles. The van der Waals surface area contributed by atoms with Crippen molar-refractivity contribution in [1.29, 1.82) is 0 Å². The summed E-state index contributed by atoms with van der Waals surface area (Å²) in [7, 11) is 0. The zero-order valence-electron chi connectivity index (χ0n) is 13.5. The van der Waals surface area contributed by atoms with Crippen LogP contribution < -0.4 is 5.32 Å². The Morgan fingerprint density at radius 1 is 1.29 bits per heavy atom. The quantitative estimate of drug-likeness (QED) is 0.864. The third-order valence-corrected chi connectivity index (χ3v) is 3.56.